The van der Waals surface area contributed by atoms with Crippen molar-refractivity contribution in [3.63, 3.8) is 0 Å². The van der Waals surface area contributed by atoms with Crippen molar-refractivity contribution in [1.82, 2.24) is 0 Å². The van der Waals surface area contributed by atoms with Gasteiger partial charge in [-0.2, -0.15) is 0 Å². The molecule has 0 aliphatic heterocycles. The van der Waals surface area contributed by atoms with E-state index in [1.165, 1.54) is 0 Å². The number of benzene rings is 1. The maximum atomic E-state index is 6.10. The molecule has 16 heavy (non-hydrogen) atoms. The van der Waals surface area contributed by atoms with Crippen molar-refractivity contribution < 1.29 is 0 Å². The zero-order valence-corrected chi connectivity index (χ0v) is 11.3. The van der Waals surface area contributed by atoms with Crippen molar-refractivity contribution in [2.45, 2.75) is 6.04 Å². The van der Waals surface area contributed by atoms with Crippen LogP contribution in [0.1, 0.15) is 16.5 Å². The minimum Gasteiger partial charge on any atom is -0.320 e. The van der Waals surface area contributed by atoms with Gasteiger partial charge < -0.3 is 5.73 Å². The summed E-state index contributed by atoms with van der Waals surface area (Å²) in [5.74, 6) is 0. The van der Waals surface area contributed by atoms with Crippen molar-refractivity contribution in [3.05, 3.63) is 56.2 Å². The second-order valence-corrected chi connectivity index (χ2v) is 4.98. The molecule has 5 heteroatoms. The van der Waals surface area contributed by atoms with Gasteiger partial charge in [-0.1, -0.05) is 29.3 Å². The Hall–Kier alpha value is -0.250. The summed E-state index contributed by atoms with van der Waals surface area (Å²) in [6, 6.07) is 9.11. The summed E-state index contributed by atoms with van der Waals surface area (Å²) in [6.07, 6.45) is 0. The van der Waals surface area contributed by atoms with Gasteiger partial charge in [-0.3, -0.25) is 0 Å². The second kappa shape index (κ2) is 5.89. The lowest BCUT2D eigenvalue weighted by Crippen LogP contribution is -2.10. The van der Waals surface area contributed by atoms with E-state index in [1.54, 1.807) is 23.5 Å². The molecule has 0 spiro atoms. The highest BCUT2D eigenvalue weighted by molar-refractivity contribution is 7.10. The fraction of sp³-hybridized carbons (Fsp3) is 0.0909. The minimum atomic E-state index is -0.198. The summed E-state index contributed by atoms with van der Waals surface area (Å²) in [6.45, 7) is 0. The van der Waals surface area contributed by atoms with Crippen LogP contribution in [-0.4, -0.2) is 0 Å². The molecule has 1 aromatic carbocycles. The first-order valence-electron chi connectivity index (χ1n) is 4.42. The van der Waals surface area contributed by atoms with Gasteiger partial charge in [0.15, 0.2) is 0 Å². The maximum Gasteiger partial charge on any atom is 0.0661 e. The van der Waals surface area contributed by atoms with E-state index in [2.05, 4.69) is 0 Å². The van der Waals surface area contributed by atoms with Crippen LogP contribution in [0.25, 0.3) is 0 Å². The molecule has 0 radical (unpaired) electrons. The van der Waals surface area contributed by atoms with Crippen LogP contribution >= 0.6 is 46.9 Å². The standard InChI is InChI=1S/C11H9Cl2NS.ClH/c12-7-3-4-9(13)8(6-7)11(14)10-2-1-5-15-10;/h1-6,11H,14H2;1H/t11-;/m0./s1. The van der Waals surface area contributed by atoms with Gasteiger partial charge in [-0.25, -0.2) is 0 Å². The van der Waals surface area contributed by atoms with E-state index in [4.69, 9.17) is 28.9 Å². The zero-order chi connectivity index (χ0) is 10.8. The highest BCUT2D eigenvalue weighted by Crippen LogP contribution is 2.30. The number of rotatable bonds is 2. The molecule has 2 aromatic rings. The van der Waals surface area contributed by atoms with E-state index in [-0.39, 0.29) is 18.4 Å². The molecule has 1 heterocycles. The van der Waals surface area contributed by atoms with E-state index in [1.807, 2.05) is 23.6 Å². The molecule has 2 N–H and O–H groups in total. The first-order chi connectivity index (χ1) is 7.18. The largest absolute Gasteiger partial charge is 0.320 e. The summed E-state index contributed by atoms with van der Waals surface area (Å²) >= 11 is 13.6. The number of halogens is 3. The average Bonchev–Trinajstić information content (AvgIpc) is 2.74. The monoisotopic (exact) mass is 293 g/mol. The Morgan fingerprint density at radius 2 is 1.94 bits per heavy atom. The zero-order valence-electron chi connectivity index (χ0n) is 8.19. The van der Waals surface area contributed by atoms with Crippen molar-refractivity contribution in [1.29, 1.82) is 0 Å². The molecular weight excluding hydrogens is 285 g/mol. The molecule has 1 nitrogen and oxygen atoms in total. The normalized spacial score (nSPS) is 11.9. The van der Waals surface area contributed by atoms with Gasteiger partial charge in [0.1, 0.15) is 0 Å². The molecule has 0 fully saturated rings. The van der Waals surface area contributed by atoms with Crippen LogP contribution in [0.4, 0.5) is 0 Å². The molecule has 2 rings (SSSR count). The third kappa shape index (κ3) is 2.90. The van der Waals surface area contributed by atoms with Crippen LogP contribution in [0, 0.1) is 0 Å². The third-order valence-corrected chi connectivity index (χ3v) is 3.68. The molecule has 0 aliphatic rings. The minimum absolute atomic E-state index is 0. The van der Waals surface area contributed by atoms with Gasteiger partial charge >= 0.3 is 0 Å². The lowest BCUT2D eigenvalue weighted by atomic mass is 10.1. The fourth-order valence-corrected chi connectivity index (χ4v) is 2.54. The Kier molecular flexibility index (Phi) is 5.09. The molecular formula is C11H10Cl3NS. The second-order valence-electron chi connectivity index (χ2n) is 3.16. The number of nitrogens with two attached hydrogens (primary N) is 1. The van der Waals surface area contributed by atoms with Gasteiger partial charge in [-0.15, -0.1) is 23.7 Å². The average molecular weight is 295 g/mol. The SMILES string of the molecule is Cl.N[C@H](c1cccs1)c1cc(Cl)ccc1Cl. The molecule has 1 aromatic heterocycles. The van der Waals surface area contributed by atoms with Gasteiger partial charge in [0.2, 0.25) is 0 Å². The highest BCUT2D eigenvalue weighted by Gasteiger charge is 2.13. The van der Waals surface area contributed by atoms with Crippen LogP contribution in [0.15, 0.2) is 35.7 Å². The molecule has 0 aliphatic carbocycles. The quantitative estimate of drug-likeness (QED) is 0.865. The van der Waals surface area contributed by atoms with Crippen molar-refractivity contribution in [2.24, 2.45) is 5.73 Å². The molecule has 0 amide bonds. The Bertz CT molecular complexity index is 456. The summed E-state index contributed by atoms with van der Waals surface area (Å²) in [5, 5.41) is 3.30. The number of hydrogen-bond acceptors (Lipinski definition) is 2. The molecule has 0 unspecified atom stereocenters. The van der Waals surface area contributed by atoms with Gasteiger partial charge in [-0.05, 0) is 35.2 Å². The predicted molar refractivity (Wildman–Crippen MR) is 74.1 cm³/mol. The van der Waals surface area contributed by atoms with Crippen LogP contribution in [0.2, 0.25) is 10.0 Å². The van der Waals surface area contributed by atoms with E-state index in [9.17, 15) is 0 Å². The molecule has 1 atom stereocenters. The van der Waals surface area contributed by atoms with Crippen molar-refractivity contribution in [2.75, 3.05) is 0 Å². The Morgan fingerprint density at radius 1 is 1.19 bits per heavy atom. The summed E-state index contributed by atoms with van der Waals surface area (Å²) < 4.78 is 0. The lowest BCUT2D eigenvalue weighted by molar-refractivity contribution is 0.894. The summed E-state index contributed by atoms with van der Waals surface area (Å²) in [7, 11) is 0. The van der Waals surface area contributed by atoms with E-state index < -0.39 is 0 Å². The number of hydrogen-bond donors (Lipinski definition) is 1. The van der Waals surface area contributed by atoms with E-state index >= 15 is 0 Å². The predicted octanol–water partition coefficient (Wildman–Crippen LogP) is 4.52. The molecule has 0 bridgehead atoms. The summed E-state index contributed by atoms with van der Waals surface area (Å²) in [5.41, 5.74) is 6.97. The van der Waals surface area contributed by atoms with Crippen LogP contribution in [0.5, 0.6) is 0 Å². The van der Waals surface area contributed by atoms with Crippen LogP contribution in [-0.2, 0) is 0 Å². The number of thiophene rings is 1. The molecule has 86 valence electrons. The Morgan fingerprint density at radius 3 is 2.56 bits per heavy atom. The van der Waals surface area contributed by atoms with Crippen LogP contribution in [0.3, 0.4) is 0 Å². The van der Waals surface area contributed by atoms with Gasteiger partial charge in [0.25, 0.3) is 0 Å². The van der Waals surface area contributed by atoms with Crippen molar-refractivity contribution in [3.8, 4) is 0 Å². The first kappa shape index (κ1) is 13.8. The Labute approximate surface area is 115 Å². The first-order valence-corrected chi connectivity index (χ1v) is 6.06. The van der Waals surface area contributed by atoms with E-state index in [0.29, 0.717) is 10.0 Å². The summed E-state index contributed by atoms with van der Waals surface area (Å²) in [4.78, 5) is 1.08. The molecule has 0 saturated heterocycles. The third-order valence-electron chi connectivity index (χ3n) is 2.14. The van der Waals surface area contributed by atoms with Crippen molar-refractivity contribution >= 4 is 46.9 Å². The molecule has 0 saturated carbocycles. The highest BCUT2D eigenvalue weighted by atomic mass is 35.5. The van der Waals surface area contributed by atoms with E-state index in [0.717, 1.165) is 10.4 Å². The smallest absolute Gasteiger partial charge is 0.0661 e. The topological polar surface area (TPSA) is 26.0 Å². The fourth-order valence-electron chi connectivity index (χ4n) is 1.37. The van der Waals surface area contributed by atoms with Gasteiger partial charge in [0.05, 0.1) is 6.04 Å². The maximum absolute atomic E-state index is 6.10. The van der Waals surface area contributed by atoms with Crippen LogP contribution < -0.4 is 5.73 Å². The van der Waals surface area contributed by atoms with Gasteiger partial charge in [0, 0.05) is 14.9 Å². The lowest BCUT2D eigenvalue weighted by Gasteiger charge is -2.12. The Balaban J connectivity index is 0.00000128.